The van der Waals surface area contributed by atoms with Gasteiger partial charge in [-0.05, 0) is 30.2 Å². The molecule has 0 saturated heterocycles. The van der Waals surface area contributed by atoms with Crippen LogP contribution in [0.2, 0.25) is 0 Å². The molecule has 3 rings (SSSR count). The maximum absolute atomic E-state index is 12.1. The molecule has 1 N–H and O–H groups in total. The van der Waals surface area contributed by atoms with Crippen LogP contribution in [0.4, 0.5) is 0 Å². The summed E-state index contributed by atoms with van der Waals surface area (Å²) in [5.74, 6) is -0.526. The van der Waals surface area contributed by atoms with E-state index in [0.29, 0.717) is 11.3 Å². The summed E-state index contributed by atoms with van der Waals surface area (Å²) in [6.45, 7) is 2.00. The van der Waals surface area contributed by atoms with Crippen molar-refractivity contribution in [2.24, 2.45) is 0 Å². The van der Waals surface area contributed by atoms with E-state index in [0.717, 1.165) is 16.7 Å². The zero-order valence-electron chi connectivity index (χ0n) is 13.0. The average Bonchev–Trinajstić information content (AvgIpc) is 3.12. The standard InChI is InChI=1S/C18H14N4O2/c1-2-24-18(23)17-16(20-22-21-17)15-9-4-3-8-14(15)13-7-5-6-12(10-13)11-19/h3-10H,2H2,1H3,(H,20,21,22). The number of aromatic nitrogens is 3. The Labute approximate surface area is 138 Å². The second kappa shape index (κ2) is 6.75. The highest BCUT2D eigenvalue weighted by Crippen LogP contribution is 2.32. The van der Waals surface area contributed by atoms with Gasteiger partial charge in [-0.3, -0.25) is 0 Å². The molecule has 0 atom stereocenters. The molecule has 118 valence electrons. The lowest BCUT2D eigenvalue weighted by atomic mass is 9.96. The van der Waals surface area contributed by atoms with Gasteiger partial charge in [-0.25, -0.2) is 4.79 Å². The lowest BCUT2D eigenvalue weighted by Crippen LogP contribution is -2.07. The van der Waals surface area contributed by atoms with Crippen molar-refractivity contribution in [3.8, 4) is 28.5 Å². The summed E-state index contributed by atoms with van der Waals surface area (Å²) < 4.78 is 5.03. The molecule has 0 amide bonds. The normalized spacial score (nSPS) is 10.2. The van der Waals surface area contributed by atoms with Crippen molar-refractivity contribution in [2.45, 2.75) is 6.92 Å². The van der Waals surface area contributed by atoms with E-state index in [4.69, 9.17) is 10.00 Å². The van der Waals surface area contributed by atoms with Gasteiger partial charge < -0.3 is 4.74 Å². The van der Waals surface area contributed by atoms with Crippen molar-refractivity contribution in [3.63, 3.8) is 0 Å². The Hall–Kier alpha value is -3.46. The van der Waals surface area contributed by atoms with Crippen LogP contribution in [-0.2, 0) is 4.74 Å². The van der Waals surface area contributed by atoms with Gasteiger partial charge in [0.25, 0.3) is 0 Å². The van der Waals surface area contributed by atoms with Crippen LogP contribution in [0.1, 0.15) is 23.0 Å². The van der Waals surface area contributed by atoms with Crippen LogP contribution in [0.3, 0.4) is 0 Å². The summed E-state index contributed by atoms with van der Waals surface area (Å²) in [7, 11) is 0. The maximum atomic E-state index is 12.1. The molecule has 6 heteroatoms. The minimum Gasteiger partial charge on any atom is -0.461 e. The number of H-pyrrole nitrogens is 1. The Morgan fingerprint density at radius 1 is 1.17 bits per heavy atom. The monoisotopic (exact) mass is 318 g/mol. The first-order valence-corrected chi connectivity index (χ1v) is 7.42. The van der Waals surface area contributed by atoms with Crippen LogP contribution >= 0.6 is 0 Å². The first kappa shape index (κ1) is 15.4. The second-order valence-electron chi connectivity index (χ2n) is 4.98. The van der Waals surface area contributed by atoms with E-state index >= 15 is 0 Å². The third-order valence-corrected chi connectivity index (χ3v) is 3.50. The number of rotatable bonds is 4. The largest absolute Gasteiger partial charge is 0.461 e. The summed E-state index contributed by atoms with van der Waals surface area (Å²) in [4.78, 5) is 12.1. The number of carbonyl (C=O) groups excluding carboxylic acids is 1. The van der Waals surface area contributed by atoms with Gasteiger partial charge in [0.2, 0.25) is 0 Å². The predicted octanol–water partition coefficient (Wildman–Crippen LogP) is 3.19. The molecule has 6 nitrogen and oxygen atoms in total. The highest BCUT2D eigenvalue weighted by Gasteiger charge is 2.21. The fraction of sp³-hybridized carbons (Fsp3) is 0.111. The van der Waals surface area contributed by atoms with Gasteiger partial charge in [-0.15, -0.1) is 5.10 Å². The topological polar surface area (TPSA) is 91.7 Å². The van der Waals surface area contributed by atoms with E-state index in [9.17, 15) is 4.79 Å². The number of hydrogen-bond donors (Lipinski definition) is 1. The van der Waals surface area contributed by atoms with Gasteiger partial charge in [0, 0.05) is 5.56 Å². The number of nitrogens with one attached hydrogen (secondary N) is 1. The number of nitriles is 1. The van der Waals surface area contributed by atoms with Crippen molar-refractivity contribution in [1.82, 2.24) is 15.4 Å². The first-order chi connectivity index (χ1) is 11.7. The molecular weight excluding hydrogens is 304 g/mol. The summed E-state index contributed by atoms with van der Waals surface area (Å²) in [6.07, 6.45) is 0. The van der Waals surface area contributed by atoms with Crippen LogP contribution in [0.5, 0.6) is 0 Å². The Balaban J connectivity index is 2.13. The van der Waals surface area contributed by atoms with Crippen molar-refractivity contribution in [3.05, 3.63) is 59.8 Å². The number of aromatic amines is 1. The number of esters is 1. The number of nitrogens with zero attached hydrogens (tertiary/aromatic N) is 3. The minimum absolute atomic E-state index is 0.140. The lowest BCUT2D eigenvalue weighted by Gasteiger charge is -2.09. The molecule has 0 aliphatic rings. The van der Waals surface area contributed by atoms with Crippen molar-refractivity contribution in [1.29, 1.82) is 5.26 Å². The lowest BCUT2D eigenvalue weighted by molar-refractivity contribution is 0.0520. The molecule has 0 fully saturated rings. The zero-order chi connectivity index (χ0) is 16.9. The Bertz CT molecular complexity index is 925. The van der Waals surface area contributed by atoms with Crippen molar-refractivity contribution >= 4 is 5.97 Å². The Morgan fingerprint density at radius 3 is 2.71 bits per heavy atom. The van der Waals surface area contributed by atoms with Crippen LogP contribution in [0.25, 0.3) is 22.4 Å². The van der Waals surface area contributed by atoms with Crippen molar-refractivity contribution in [2.75, 3.05) is 6.61 Å². The molecule has 0 unspecified atom stereocenters. The second-order valence-corrected chi connectivity index (χ2v) is 4.98. The minimum atomic E-state index is -0.526. The highest BCUT2D eigenvalue weighted by atomic mass is 16.5. The Morgan fingerprint density at radius 2 is 1.96 bits per heavy atom. The number of carbonyl (C=O) groups is 1. The fourth-order valence-electron chi connectivity index (χ4n) is 2.46. The predicted molar refractivity (Wildman–Crippen MR) is 87.9 cm³/mol. The molecule has 24 heavy (non-hydrogen) atoms. The van der Waals surface area contributed by atoms with Crippen LogP contribution in [0, 0.1) is 11.3 Å². The van der Waals surface area contributed by atoms with E-state index in [1.807, 2.05) is 36.4 Å². The van der Waals surface area contributed by atoms with E-state index in [-0.39, 0.29) is 12.3 Å². The van der Waals surface area contributed by atoms with Gasteiger partial charge in [0.15, 0.2) is 5.69 Å². The molecule has 3 aromatic rings. The van der Waals surface area contributed by atoms with Gasteiger partial charge in [-0.2, -0.15) is 15.6 Å². The van der Waals surface area contributed by atoms with E-state index in [1.165, 1.54) is 0 Å². The summed E-state index contributed by atoms with van der Waals surface area (Å²) in [5.41, 5.74) is 3.58. The summed E-state index contributed by atoms with van der Waals surface area (Å²) >= 11 is 0. The molecular formula is C18H14N4O2. The Kier molecular flexibility index (Phi) is 4.34. The average molecular weight is 318 g/mol. The van der Waals surface area contributed by atoms with Crippen molar-refractivity contribution < 1.29 is 9.53 Å². The third-order valence-electron chi connectivity index (χ3n) is 3.50. The smallest absolute Gasteiger partial charge is 0.361 e. The van der Waals surface area contributed by atoms with E-state index in [1.54, 1.807) is 19.1 Å². The number of ether oxygens (including phenoxy) is 1. The molecule has 0 radical (unpaired) electrons. The molecule has 0 saturated carbocycles. The first-order valence-electron chi connectivity index (χ1n) is 7.42. The van der Waals surface area contributed by atoms with Crippen LogP contribution < -0.4 is 0 Å². The summed E-state index contributed by atoms with van der Waals surface area (Å²) in [6, 6.07) is 16.9. The van der Waals surface area contributed by atoms with Gasteiger partial charge in [0.1, 0.15) is 5.69 Å². The molecule has 1 aromatic heterocycles. The fourth-order valence-corrected chi connectivity index (χ4v) is 2.46. The zero-order valence-corrected chi connectivity index (χ0v) is 13.0. The molecule has 1 heterocycles. The van der Waals surface area contributed by atoms with E-state index in [2.05, 4.69) is 21.5 Å². The molecule has 0 bridgehead atoms. The van der Waals surface area contributed by atoms with Crippen LogP contribution in [0.15, 0.2) is 48.5 Å². The SMILES string of the molecule is CCOC(=O)c1n[nH]nc1-c1ccccc1-c1cccc(C#N)c1. The van der Waals surface area contributed by atoms with Gasteiger partial charge >= 0.3 is 5.97 Å². The highest BCUT2D eigenvalue weighted by molar-refractivity contribution is 5.96. The molecule has 0 spiro atoms. The third kappa shape index (κ3) is 2.88. The maximum Gasteiger partial charge on any atom is 0.361 e. The number of benzene rings is 2. The van der Waals surface area contributed by atoms with Gasteiger partial charge in [0.05, 0.1) is 18.2 Å². The van der Waals surface area contributed by atoms with E-state index < -0.39 is 5.97 Å². The van der Waals surface area contributed by atoms with Crippen LogP contribution in [-0.4, -0.2) is 28.0 Å². The molecule has 0 aliphatic heterocycles. The molecule has 0 aliphatic carbocycles. The summed E-state index contributed by atoms with van der Waals surface area (Å²) in [5, 5.41) is 19.6. The number of hydrogen-bond acceptors (Lipinski definition) is 5. The van der Waals surface area contributed by atoms with Gasteiger partial charge in [-0.1, -0.05) is 36.4 Å². The quantitative estimate of drug-likeness (QED) is 0.746. The molecule has 2 aromatic carbocycles.